The smallest absolute Gasteiger partial charge is 0.0222 e. The summed E-state index contributed by atoms with van der Waals surface area (Å²) in [4.78, 5) is 0. The van der Waals surface area contributed by atoms with Gasteiger partial charge in [-0.05, 0) is 119 Å². The molecule has 0 N–H and O–H groups in total. The first-order valence-electron chi connectivity index (χ1n) is 13.1. The zero-order valence-electron chi connectivity index (χ0n) is 23.1. The molecule has 0 fully saturated rings. The number of hydrogen-bond donors (Lipinski definition) is 0. The van der Waals surface area contributed by atoms with E-state index < -0.39 is 0 Å². The molecule has 1 atom stereocenters. The second-order valence-electron chi connectivity index (χ2n) is 10.2. The molecule has 0 aromatic carbocycles. The summed E-state index contributed by atoms with van der Waals surface area (Å²) in [7, 11) is 0. The summed E-state index contributed by atoms with van der Waals surface area (Å²) in [5.74, 6) is 0.624. The van der Waals surface area contributed by atoms with Crippen molar-refractivity contribution >= 4 is 0 Å². The quantitative estimate of drug-likeness (QED) is 0.210. The highest BCUT2D eigenvalue weighted by atomic mass is 14.1. The van der Waals surface area contributed by atoms with Gasteiger partial charge in [-0.25, -0.2) is 0 Å². The van der Waals surface area contributed by atoms with Crippen molar-refractivity contribution < 1.29 is 0 Å². The highest BCUT2D eigenvalue weighted by Gasteiger charge is 2.01. The van der Waals surface area contributed by atoms with Gasteiger partial charge in [0.05, 0.1) is 0 Å². The lowest BCUT2D eigenvalue weighted by molar-refractivity contribution is 0.701. The predicted molar refractivity (Wildman–Crippen MR) is 149 cm³/mol. The fourth-order valence-corrected chi connectivity index (χ4v) is 4.10. The Kier molecular flexibility index (Phi) is 18.0. The topological polar surface area (TPSA) is 0 Å². The second kappa shape index (κ2) is 19.0. The fraction of sp³-hybridized carbons (Fsp3) is 0.625. The van der Waals surface area contributed by atoms with E-state index in [1.54, 1.807) is 0 Å². The normalized spacial score (nSPS) is 15.2. The van der Waals surface area contributed by atoms with Crippen molar-refractivity contribution in [2.45, 2.75) is 127 Å². The van der Waals surface area contributed by atoms with Gasteiger partial charge in [-0.2, -0.15) is 0 Å². The standard InChI is InChI=1S/C32H54/c1-10-15-27(4)18-12-19-29(6)21-14-23-31(8)25-32(9)24-30(7)22-13-20-28(5)17-11-16-26(2)3/h15-16,19-20,23-24,32H,10-14,17-18,21-22,25H2,1-9H3/b27-15+,28-20+,29-19+,30-24+,31-23+. The molecule has 182 valence electrons. The molecule has 0 aliphatic rings. The van der Waals surface area contributed by atoms with Crippen molar-refractivity contribution in [1.82, 2.24) is 0 Å². The van der Waals surface area contributed by atoms with Gasteiger partial charge in [0, 0.05) is 0 Å². The molecule has 0 nitrogen and oxygen atoms in total. The molecule has 0 saturated carbocycles. The minimum absolute atomic E-state index is 0.624. The third kappa shape index (κ3) is 19.1. The summed E-state index contributed by atoms with van der Waals surface area (Å²) >= 11 is 0. The molecule has 0 aromatic heterocycles. The van der Waals surface area contributed by atoms with Crippen LogP contribution in [-0.4, -0.2) is 0 Å². The fourth-order valence-electron chi connectivity index (χ4n) is 4.10. The first kappa shape index (κ1) is 30.4. The summed E-state index contributed by atoms with van der Waals surface area (Å²) in [6.07, 6.45) is 26.3. The maximum Gasteiger partial charge on any atom is -0.0222 e. The predicted octanol–water partition coefficient (Wildman–Crippen LogP) is 11.2. The molecule has 0 heteroatoms. The van der Waals surface area contributed by atoms with Gasteiger partial charge in [0.15, 0.2) is 0 Å². The Labute approximate surface area is 202 Å². The Morgan fingerprint density at radius 2 is 0.938 bits per heavy atom. The zero-order chi connectivity index (χ0) is 24.4. The number of rotatable bonds is 16. The van der Waals surface area contributed by atoms with Crippen LogP contribution < -0.4 is 0 Å². The van der Waals surface area contributed by atoms with Gasteiger partial charge >= 0.3 is 0 Å². The lowest BCUT2D eigenvalue weighted by Crippen LogP contribution is -1.93. The van der Waals surface area contributed by atoms with Crippen LogP contribution in [0, 0.1) is 5.92 Å². The molecule has 0 aliphatic carbocycles. The van der Waals surface area contributed by atoms with Gasteiger partial charge in [-0.3, -0.25) is 0 Å². The lowest BCUT2D eigenvalue weighted by atomic mass is 9.97. The number of allylic oxidation sites excluding steroid dienone is 12. The molecule has 0 aliphatic heterocycles. The average Bonchev–Trinajstić information content (AvgIpc) is 2.67. The van der Waals surface area contributed by atoms with E-state index in [0.717, 1.165) is 6.42 Å². The Hall–Kier alpha value is -1.56. The van der Waals surface area contributed by atoms with Gasteiger partial charge < -0.3 is 0 Å². The van der Waals surface area contributed by atoms with E-state index in [2.05, 4.69) is 98.8 Å². The molecular weight excluding hydrogens is 384 g/mol. The molecule has 0 spiro atoms. The highest BCUT2D eigenvalue weighted by Crippen LogP contribution is 2.19. The summed E-state index contributed by atoms with van der Waals surface area (Å²) in [6.45, 7) is 20.3. The molecule has 32 heavy (non-hydrogen) atoms. The minimum Gasteiger partial charge on any atom is -0.0859 e. The molecule has 0 rings (SSSR count). The van der Waals surface area contributed by atoms with Crippen LogP contribution in [-0.2, 0) is 0 Å². The van der Waals surface area contributed by atoms with Gasteiger partial charge in [0.2, 0.25) is 0 Å². The first-order valence-corrected chi connectivity index (χ1v) is 13.1. The van der Waals surface area contributed by atoms with Crippen molar-refractivity contribution in [2.75, 3.05) is 0 Å². The minimum atomic E-state index is 0.624. The van der Waals surface area contributed by atoms with Gasteiger partial charge in [-0.15, -0.1) is 0 Å². The second-order valence-corrected chi connectivity index (χ2v) is 10.2. The maximum absolute atomic E-state index is 2.49. The van der Waals surface area contributed by atoms with Crippen molar-refractivity contribution in [3.05, 3.63) is 69.9 Å². The highest BCUT2D eigenvalue weighted by molar-refractivity contribution is 5.10. The van der Waals surface area contributed by atoms with Crippen LogP contribution in [0.1, 0.15) is 127 Å². The van der Waals surface area contributed by atoms with Crippen LogP contribution in [0.2, 0.25) is 0 Å². The first-order chi connectivity index (χ1) is 15.1. The maximum atomic E-state index is 2.49. The van der Waals surface area contributed by atoms with Crippen molar-refractivity contribution in [3.63, 3.8) is 0 Å². The average molecular weight is 439 g/mol. The number of hydrogen-bond acceptors (Lipinski definition) is 0. The molecule has 0 saturated heterocycles. The van der Waals surface area contributed by atoms with Crippen molar-refractivity contribution in [1.29, 1.82) is 0 Å². The van der Waals surface area contributed by atoms with E-state index in [4.69, 9.17) is 0 Å². The summed E-state index contributed by atoms with van der Waals surface area (Å²) in [6, 6.07) is 0. The van der Waals surface area contributed by atoms with Crippen LogP contribution in [0.15, 0.2) is 69.9 Å². The Balaban J connectivity index is 4.29. The van der Waals surface area contributed by atoms with Crippen LogP contribution in [0.25, 0.3) is 0 Å². The van der Waals surface area contributed by atoms with E-state index in [9.17, 15) is 0 Å². The molecule has 0 bridgehead atoms. The molecule has 0 radical (unpaired) electrons. The molecule has 0 amide bonds. The van der Waals surface area contributed by atoms with Crippen molar-refractivity contribution in [2.24, 2.45) is 5.92 Å². The van der Waals surface area contributed by atoms with Crippen LogP contribution in [0.5, 0.6) is 0 Å². The summed E-state index contributed by atoms with van der Waals surface area (Å²) in [5.41, 5.74) is 9.07. The lowest BCUT2D eigenvalue weighted by Gasteiger charge is -2.10. The van der Waals surface area contributed by atoms with Gasteiger partial charge in [0.25, 0.3) is 0 Å². The summed E-state index contributed by atoms with van der Waals surface area (Å²) < 4.78 is 0. The van der Waals surface area contributed by atoms with Crippen LogP contribution in [0.4, 0.5) is 0 Å². The summed E-state index contributed by atoms with van der Waals surface area (Å²) in [5, 5.41) is 0. The van der Waals surface area contributed by atoms with Crippen LogP contribution in [0.3, 0.4) is 0 Å². The molecular formula is C32H54. The van der Waals surface area contributed by atoms with E-state index >= 15 is 0 Å². The third-order valence-electron chi connectivity index (χ3n) is 5.95. The van der Waals surface area contributed by atoms with E-state index in [0.29, 0.717) is 5.92 Å². The molecule has 1 unspecified atom stereocenters. The Bertz CT molecular complexity index is 684. The monoisotopic (exact) mass is 438 g/mol. The van der Waals surface area contributed by atoms with E-state index in [-0.39, 0.29) is 0 Å². The molecule has 0 aromatic rings. The Morgan fingerprint density at radius 1 is 0.531 bits per heavy atom. The van der Waals surface area contributed by atoms with E-state index in [1.165, 1.54) is 91.2 Å². The third-order valence-corrected chi connectivity index (χ3v) is 5.95. The van der Waals surface area contributed by atoms with Gasteiger partial charge in [0.1, 0.15) is 0 Å². The zero-order valence-corrected chi connectivity index (χ0v) is 23.1. The molecule has 0 heterocycles. The van der Waals surface area contributed by atoms with Gasteiger partial charge in [-0.1, -0.05) is 83.7 Å². The van der Waals surface area contributed by atoms with Crippen molar-refractivity contribution in [3.8, 4) is 0 Å². The van der Waals surface area contributed by atoms with Crippen LogP contribution >= 0.6 is 0 Å². The SMILES string of the molecule is CC/C=C(\C)CC/C=C(\C)CC/C=C(\C)CC(C)/C=C(\C)CC/C=C(\C)CCC=C(C)C. The van der Waals surface area contributed by atoms with E-state index in [1.807, 2.05) is 0 Å². The largest absolute Gasteiger partial charge is 0.0859 e. The Morgan fingerprint density at radius 3 is 1.41 bits per heavy atom.